The SMILES string of the molecule is OC(c1ccc(C(F)(F)F)nc1Cl)C1CCCCO1. The molecule has 2 rings (SSSR count). The number of aromatic nitrogens is 1. The van der Waals surface area contributed by atoms with E-state index < -0.39 is 24.1 Å². The Bertz CT molecular complexity index is 447. The third kappa shape index (κ3) is 3.38. The molecule has 1 N–H and O–H groups in total. The van der Waals surface area contributed by atoms with Crippen molar-refractivity contribution in [2.24, 2.45) is 0 Å². The quantitative estimate of drug-likeness (QED) is 0.851. The molecule has 1 saturated heterocycles. The van der Waals surface area contributed by atoms with Crippen LogP contribution in [-0.2, 0) is 10.9 Å². The van der Waals surface area contributed by atoms with E-state index in [4.69, 9.17) is 16.3 Å². The predicted octanol–water partition coefficient (Wildman–Crippen LogP) is 3.36. The number of ether oxygens (including phenoxy) is 1. The van der Waals surface area contributed by atoms with Gasteiger partial charge in [0.2, 0.25) is 0 Å². The normalized spacial score (nSPS) is 22.3. The van der Waals surface area contributed by atoms with Crippen LogP contribution >= 0.6 is 11.6 Å². The zero-order valence-electron chi connectivity index (χ0n) is 9.95. The molecule has 1 fully saturated rings. The van der Waals surface area contributed by atoms with E-state index in [-0.39, 0.29) is 10.7 Å². The minimum absolute atomic E-state index is 0.168. The Morgan fingerprint density at radius 3 is 2.63 bits per heavy atom. The van der Waals surface area contributed by atoms with Gasteiger partial charge in [0, 0.05) is 12.2 Å². The standard InChI is InChI=1S/C12H13ClF3NO2/c13-11-7(4-5-9(17-11)12(14,15)16)10(18)8-3-1-2-6-19-8/h4-5,8,10,18H,1-3,6H2. The fourth-order valence-corrected chi connectivity index (χ4v) is 2.30. The van der Waals surface area contributed by atoms with Crippen molar-refractivity contribution < 1.29 is 23.0 Å². The molecule has 1 aliphatic heterocycles. The highest BCUT2D eigenvalue weighted by Gasteiger charge is 2.34. The molecule has 0 aliphatic carbocycles. The highest BCUT2D eigenvalue weighted by molar-refractivity contribution is 6.30. The van der Waals surface area contributed by atoms with Gasteiger partial charge in [0.25, 0.3) is 0 Å². The zero-order valence-corrected chi connectivity index (χ0v) is 10.7. The average molecular weight is 296 g/mol. The van der Waals surface area contributed by atoms with Crippen molar-refractivity contribution in [1.29, 1.82) is 0 Å². The van der Waals surface area contributed by atoms with Crippen molar-refractivity contribution in [3.05, 3.63) is 28.5 Å². The fourth-order valence-electron chi connectivity index (χ4n) is 2.04. The van der Waals surface area contributed by atoms with Crippen LogP contribution in [0.4, 0.5) is 13.2 Å². The summed E-state index contributed by atoms with van der Waals surface area (Å²) >= 11 is 5.72. The van der Waals surface area contributed by atoms with Gasteiger partial charge in [0.1, 0.15) is 17.0 Å². The first kappa shape index (κ1) is 14.6. The molecule has 2 heterocycles. The molecule has 7 heteroatoms. The number of nitrogens with zero attached hydrogens (tertiary/aromatic N) is 1. The van der Waals surface area contributed by atoms with Gasteiger partial charge in [-0.25, -0.2) is 4.98 Å². The Morgan fingerprint density at radius 1 is 1.37 bits per heavy atom. The smallest absolute Gasteiger partial charge is 0.386 e. The van der Waals surface area contributed by atoms with Gasteiger partial charge in [-0.05, 0) is 25.3 Å². The van der Waals surface area contributed by atoms with Crippen LogP contribution in [0.5, 0.6) is 0 Å². The van der Waals surface area contributed by atoms with E-state index in [0.29, 0.717) is 13.0 Å². The Kier molecular flexibility index (Phi) is 4.32. The lowest BCUT2D eigenvalue weighted by Gasteiger charge is -2.27. The van der Waals surface area contributed by atoms with Crippen molar-refractivity contribution in [1.82, 2.24) is 4.98 Å². The summed E-state index contributed by atoms with van der Waals surface area (Å²) in [6.07, 6.45) is -3.56. The first-order chi connectivity index (χ1) is 8.89. The van der Waals surface area contributed by atoms with E-state index in [9.17, 15) is 18.3 Å². The average Bonchev–Trinajstić information content (AvgIpc) is 2.38. The number of hydrogen-bond donors (Lipinski definition) is 1. The second-order valence-electron chi connectivity index (χ2n) is 4.42. The van der Waals surface area contributed by atoms with E-state index in [0.717, 1.165) is 25.0 Å². The summed E-state index contributed by atoms with van der Waals surface area (Å²) < 4.78 is 42.7. The van der Waals surface area contributed by atoms with Gasteiger partial charge < -0.3 is 9.84 Å². The summed E-state index contributed by atoms with van der Waals surface area (Å²) in [6.45, 7) is 0.535. The molecule has 2 atom stereocenters. The molecule has 1 aliphatic rings. The van der Waals surface area contributed by atoms with Crippen molar-refractivity contribution in [3.63, 3.8) is 0 Å². The molecule has 0 spiro atoms. The van der Waals surface area contributed by atoms with Crippen LogP contribution in [0.2, 0.25) is 5.15 Å². The molecule has 0 bridgehead atoms. The van der Waals surface area contributed by atoms with Gasteiger partial charge in [0.05, 0.1) is 6.10 Å². The van der Waals surface area contributed by atoms with Crippen molar-refractivity contribution in [2.45, 2.75) is 37.6 Å². The number of halogens is 4. The number of hydrogen-bond acceptors (Lipinski definition) is 3. The van der Waals surface area contributed by atoms with E-state index >= 15 is 0 Å². The maximum Gasteiger partial charge on any atom is 0.433 e. The summed E-state index contributed by atoms with van der Waals surface area (Å²) in [4.78, 5) is 3.29. The van der Waals surface area contributed by atoms with Crippen LogP contribution in [0.3, 0.4) is 0 Å². The monoisotopic (exact) mass is 295 g/mol. The van der Waals surface area contributed by atoms with Gasteiger partial charge >= 0.3 is 6.18 Å². The van der Waals surface area contributed by atoms with Gasteiger partial charge in [-0.1, -0.05) is 17.7 Å². The molecule has 0 amide bonds. The maximum atomic E-state index is 12.4. The number of rotatable bonds is 2. The minimum atomic E-state index is -4.55. The topological polar surface area (TPSA) is 42.4 Å². The molecule has 106 valence electrons. The van der Waals surface area contributed by atoms with Crippen molar-refractivity contribution in [2.75, 3.05) is 6.61 Å². The molecule has 0 aromatic carbocycles. The molecule has 0 radical (unpaired) electrons. The predicted molar refractivity (Wildman–Crippen MR) is 62.8 cm³/mol. The van der Waals surface area contributed by atoms with Crippen LogP contribution in [0, 0.1) is 0 Å². The fraction of sp³-hybridized carbons (Fsp3) is 0.583. The lowest BCUT2D eigenvalue weighted by atomic mass is 9.99. The van der Waals surface area contributed by atoms with E-state index in [1.807, 2.05) is 0 Å². The Balaban J connectivity index is 2.20. The summed E-state index contributed by atoms with van der Waals surface area (Å²) in [5.41, 5.74) is -0.903. The van der Waals surface area contributed by atoms with Gasteiger partial charge in [-0.15, -0.1) is 0 Å². The van der Waals surface area contributed by atoms with Gasteiger partial charge in [0.15, 0.2) is 0 Å². The van der Waals surface area contributed by atoms with E-state index in [1.54, 1.807) is 0 Å². The Labute approximate surface area is 113 Å². The second kappa shape index (κ2) is 5.64. The molecule has 1 aromatic heterocycles. The van der Waals surface area contributed by atoms with Gasteiger partial charge in [-0.2, -0.15) is 13.2 Å². The summed E-state index contributed by atoms with van der Waals surface area (Å²) in [5, 5.41) is 9.75. The summed E-state index contributed by atoms with van der Waals surface area (Å²) in [5.74, 6) is 0. The maximum absolute atomic E-state index is 12.4. The number of alkyl halides is 3. The molecule has 1 aromatic rings. The first-order valence-electron chi connectivity index (χ1n) is 5.93. The Hall–Kier alpha value is -0.850. The largest absolute Gasteiger partial charge is 0.433 e. The van der Waals surface area contributed by atoms with Crippen LogP contribution in [0.15, 0.2) is 12.1 Å². The van der Waals surface area contributed by atoms with Crippen LogP contribution in [-0.4, -0.2) is 22.8 Å². The lowest BCUT2D eigenvalue weighted by molar-refractivity contribution is -0.141. The number of pyridine rings is 1. The molecule has 2 unspecified atom stereocenters. The molecule has 0 saturated carbocycles. The highest BCUT2D eigenvalue weighted by atomic mass is 35.5. The van der Waals surface area contributed by atoms with Gasteiger partial charge in [-0.3, -0.25) is 0 Å². The number of aliphatic hydroxyl groups excluding tert-OH is 1. The van der Waals surface area contributed by atoms with Crippen LogP contribution < -0.4 is 0 Å². The lowest BCUT2D eigenvalue weighted by Crippen LogP contribution is -2.26. The molecular formula is C12H13ClF3NO2. The molecular weight excluding hydrogens is 283 g/mol. The summed E-state index contributed by atoms with van der Waals surface area (Å²) in [6, 6.07) is 1.97. The third-order valence-corrected chi connectivity index (χ3v) is 3.36. The van der Waals surface area contributed by atoms with Crippen LogP contribution in [0.25, 0.3) is 0 Å². The highest BCUT2D eigenvalue weighted by Crippen LogP contribution is 2.33. The van der Waals surface area contributed by atoms with Crippen molar-refractivity contribution >= 4 is 11.6 Å². The Morgan fingerprint density at radius 2 is 2.11 bits per heavy atom. The van der Waals surface area contributed by atoms with Crippen molar-refractivity contribution in [3.8, 4) is 0 Å². The molecule has 3 nitrogen and oxygen atoms in total. The third-order valence-electron chi connectivity index (χ3n) is 3.05. The zero-order chi connectivity index (χ0) is 14.0. The summed E-state index contributed by atoms with van der Waals surface area (Å²) in [7, 11) is 0. The van der Waals surface area contributed by atoms with E-state index in [1.165, 1.54) is 0 Å². The minimum Gasteiger partial charge on any atom is -0.386 e. The first-order valence-corrected chi connectivity index (χ1v) is 6.30. The number of aliphatic hydroxyl groups is 1. The van der Waals surface area contributed by atoms with Crippen LogP contribution in [0.1, 0.15) is 36.6 Å². The van der Waals surface area contributed by atoms with E-state index in [2.05, 4.69) is 4.98 Å². The molecule has 19 heavy (non-hydrogen) atoms. The second-order valence-corrected chi connectivity index (χ2v) is 4.78.